The van der Waals surface area contributed by atoms with Crippen molar-refractivity contribution in [1.82, 2.24) is 24.6 Å². The van der Waals surface area contributed by atoms with Gasteiger partial charge in [-0.2, -0.15) is 9.78 Å². The fourth-order valence-electron chi connectivity index (χ4n) is 2.76. The zero-order valence-corrected chi connectivity index (χ0v) is 15.8. The molecule has 0 aliphatic heterocycles. The summed E-state index contributed by atoms with van der Waals surface area (Å²) in [5, 5.41) is 6.72. The second-order valence-corrected chi connectivity index (χ2v) is 6.34. The van der Waals surface area contributed by atoms with Crippen molar-refractivity contribution in [3.05, 3.63) is 86.5 Å². The van der Waals surface area contributed by atoms with Gasteiger partial charge >= 0.3 is 5.69 Å². The number of carbonyl (C=O) groups excluding carboxylic acids is 1. The number of rotatable bonds is 6. The van der Waals surface area contributed by atoms with Crippen molar-refractivity contribution in [1.29, 1.82) is 0 Å². The molecule has 2 heterocycles. The number of benzene rings is 1. The molecule has 8 nitrogen and oxygen atoms in total. The topological polar surface area (TPSA) is 98.9 Å². The molecule has 0 aliphatic rings. The molecule has 0 saturated carbocycles. The highest BCUT2D eigenvalue weighted by Gasteiger charge is 2.20. The average Bonchev–Trinajstić information content (AvgIpc) is 2.70. The summed E-state index contributed by atoms with van der Waals surface area (Å²) < 4.78 is 2.14. The molecule has 0 spiro atoms. The molecule has 1 aromatic carbocycles. The van der Waals surface area contributed by atoms with E-state index in [0.717, 1.165) is 14.8 Å². The van der Waals surface area contributed by atoms with Crippen molar-refractivity contribution in [3.8, 4) is 5.69 Å². The lowest BCUT2D eigenvalue weighted by Crippen LogP contribution is -2.45. The SMILES string of the molecule is CCCn1c(=O)c(C(=O)NCc2ccccn2)nn(-c2cccc(C)c2)c1=O. The van der Waals surface area contributed by atoms with Crippen LogP contribution in [0.5, 0.6) is 0 Å². The summed E-state index contributed by atoms with van der Waals surface area (Å²) in [4.78, 5) is 42.2. The largest absolute Gasteiger partial charge is 0.352 e. The van der Waals surface area contributed by atoms with E-state index in [-0.39, 0.29) is 18.8 Å². The molecular weight excluding hydrogens is 358 g/mol. The zero-order valence-electron chi connectivity index (χ0n) is 15.8. The van der Waals surface area contributed by atoms with E-state index < -0.39 is 17.2 Å². The van der Waals surface area contributed by atoms with Gasteiger partial charge in [-0.15, -0.1) is 0 Å². The minimum atomic E-state index is -0.700. The average molecular weight is 379 g/mol. The molecule has 0 aliphatic carbocycles. The van der Waals surface area contributed by atoms with Crippen molar-refractivity contribution < 1.29 is 4.79 Å². The monoisotopic (exact) mass is 379 g/mol. The summed E-state index contributed by atoms with van der Waals surface area (Å²) >= 11 is 0. The normalized spacial score (nSPS) is 10.6. The lowest BCUT2D eigenvalue weighted by atomic mass is 10.2. The van der Waals surface area contributed by atoms with E-state index in [1.807, 2.05) is 19.9 Å². The van der Waals surface area contributed by atoms with Crippen LogP contribution in [-0.4, -0.2) is 25.2 Å². The number of nitrogens with zero attached hydrogens (tertiary/aromatic N) is 4. The molecular formula is C20H21N5O3. The number of hydrogen-bond acceptors (Lipinski definition) is 5. The van der Waals surface area contributed by atoms with Crippen LogP contribution < -0.4 is 16.6 Å². The second-order valence-electron chi connectivity index (χ2n) is 6.34. The summed E-state index contributed by atoms with van der Waals surface area (Å²) in [7, 11) is 0. The van der Waals surface area contributed by atoms with Crippen molar-refractivity contribution in [3.63, 3.8) is 0 Å². The van der Waals surface area contributed by atoms with Gasteiger partial charge in [0.15, 0.2) is 0 Å². The van der Waals surface area contributed by atoms with Gasteiger partial charge in [0, 0.05) is 12.7 Å². The molecule has 2 aromatic heterocycles. The highest BCUT2D eigenvalue weighted by molar-refractivity contribution is 5.91. The summed E-state index contributed by atoms with van der Waals surface area (Å²) in [5.74, 6) is -0.651. The van der Waals surface area contributed by atoms with Gasteiger partial charge in [-0.05, 0) is 43.2 Å². The van der Waals surface area contributed by atoms with Crippen molar-refractivity contribution in [2.24, 2.45) is 0 Å². The highest BCUT2D eigenvalue weighted by atomic mass is 16.2. The van der Waals surface area contributed by atoms with Crippen LogP contribution in [0.15, 0.2) is 58.3 Å². The molecule has 0 bridgehead atoms. The first kappa shape index (κ1) is 19.2. The van der Waals surface area contributed by atoms with Gasteiger partial charge in [-0.3, -0.25) is 19.1 Å². The third-order valence-electron chi connectivity index (χ3n) is 4.12. The number of aryl methyl sites for hydroxylation is 1. The van der Waals surface area contributed by atoms with Crippen LogP contribution >= 0.6 is 0 Å². The van der Waals surface area contributed by atoms with Crippen LogP contribution in [0.4, 0.5) is 0 Å². The molecule has 144 valence electrons. The minimum absolute atomic E-state index is 0.151. The predicted molar refractivity (Wildman–Crippen MR) is 105 cm³/mol. The van der Waals surface area contributed by atoms with Gasteiger partial charge in [0.05, 0.1) is 17.9 Å². The summed E-state index contributed by atoms with van der Waals surface area (Å²) in [5.41, 5.74) is 0.476. The zero-order chi connectivity index (χ0) is 20.1. The van der Waals surface area contributed by atoms with E-state index in [1.54, 1.807) is 42.6 Å². The van der Waals surface area contributed by atoms with Crippen molar-refractivity contribution in [2.75, 3.05) is 0 Å². The van der Waals surface area contributed by atoms with Crippen LogP contribution in [0.25, 0.3) is 5.69 Å². The fourth-order valence-corrected chi connectivity index (χ4v) is 2.76. The maximum absolute atomic E-state index is 12.8. The Labute approximate surface area is 161 Å². The Hall–Kier alpha value is -3.55. The maximum Gasteiger partial charge on any atom is 0.352 e. The highest BCUT2D eigenvalue weighted by Crippen LogP contribution is 2.06. The van der Waals surface area contributed by atoms with Crippen molar-refractivity contribution in [2.45, 2.75) is 33.4 Å². The summed E-state index contributed by atoms with van der Waals surface area (Å²) in [6.07, 6.45) is 2.19. The Bertz CT molecular complexity index is 1100. The lowest BCUT2D eigenvalue weighted by Gasteiger charge is -2.12. The first-order valence-corrected chi connectivity index (χ1v) is 9.00. The molecule has 0 unspecified atom stereocenters. The number of nitrogens with one attached hydrogen (secondary N) is 1. The van der Waals surface area contributed by atoms with Crippen LogP contribution in [0.2, 0.25) is 0 Å². The van der Waals surface area contributed by atoms with Gasteiger partial charge in [-0.1, -0.05) is 25.1 Å². The Balaban J connectivity index is 2.03. The Morgan fingerprint density at radius 3 is 2.64 bits per heavy atom. The Morgan fingerprint density at radius 1 is 1.14 bits per heavy atom. The van der Waals surface area contributed by atoms with Crippen molar-refractivity contribution >= 4 is 5.91 Å². The third kappa shape index (κ3) is 4.06. The van der Waals surface area contributed by atoms with E-state index in [0.29, 0.717) is 17.8 Å². The standard InChI is InChI=1S/C20H21N5O3/c1-3-11-24-19(27)17(18(26)22-13-15-8-4-5-10-21-15)23-25(20(24)28)16-9-6-7-14(2)12-16/h4-10,12H,3,11,13H2,1-2H3,(H,22,26). The lowest BCUT2D eigenvalue weighted by molar-refractivity contribution is 0.0940. The third-order valence-corrected chi connectivity index (χ3v) is 4.12. The minimum Gasteiger partial charge on any atom is -0.345 e. The molecule has 28 heavy (non-hydrogen) atoms. The maximum atomic E-state index is 12.8. The summed E-state index contributed by atoms with van der Waals surface area (Å²) in [6, 6.07) is 12.5. The van der Waals surface area contributed by atoms with E-state index in [9.17, 15) is 14.4 Å². The van der Waals surface area contributed by atoms with E-state index in [1.165, 1.54) is 0 Å². The molecule has 3 aromatic rings. The first-order valence-electron chi connectivity index (χ1n) is 9.00. The molecule has 0 atom stereocenters. The quantitative estimate of drug-likeness (QED) is 0.699. The van der Waals surface area contributed by atoms with Gasteiger partial charge in [-0.25, -0.2) is 4.79 Å². The van der Waals surface area contributed by atoms with Gasteiger partial charge in [0.25, 0.3) is 11.5 Å². The molecule has 1 N–H and O–H groups in total. The van der Waals surface area contributed by atoms with Gasteiger partial charge in [0.2, 0.25) is 5.69 Å². The molecule has 1 amide bonds. The predicted octanol–water partition coefficient (Wildman–Crippen LogP) is 1.44. The molecule has 3 rings (SSSR count). The molecule has 8 heteroatoms. The summed E-state index contributed by atoms with van der Waals surface area (Å²) in [6.45, 7) is 4.09. The smallest absolute Gasteiger partial charge is 0.345 e. The van der Waals surface area contributed by atoms with Crippen LogP contribution in [0, 0.1) is 6.92 Å². The van der Waals surface area contributed by atoms with E-state index >= 15 is 0 Å². The van der Waals surface area contributed by atoms with E-state index in [2.05, 4.69) is 15.4 Å². The number of aromatic nitrogens is 4. The number of amides is 1. The Morgan fingerprint density at radius 2 is 1.96 bits per heavy atom. The van der Waals surface area contributed by atoms with Gasteiger partial charge in [0.1, 0.15) is 0 Å². The van der Waals surface area contributed by atoms with E-state index in [4.69, 9.17) is 0 Å². The van der Waals surface area contributed by atoms with Crippen LogP contribution in [0.1, 0.15) is 35.1 Å². The number of pyridine rings is 1. The number of carbonyl (C=O) groups is 1. The molecule has 0 radical (unpaired) electrons. The molecule has 0 fully saturated rings. The number of hydrogen-bond donors (Lipinski definition) is 1. The molecule has 0 saturated heterocycles. The Kier molecular flexibility index (Phi) is 5.78. The second kappa shape index (κ2) is 8.43. The van der Waals surface area contributed by atoms with Gasteiger partial charge < -0.3 is 5.32 Å². The first-order chi connectivity index (χ1) is 13.5. The van der Waals surface area contributed by atoms with Crippen LogP contribution in [-0.2, 0) is 13.1 Å². The fraction of sp³-hybridized carbons (Fsp3) is 0.250. The van der Waals surface area contributed by atoms with Crippen LogP contribution in [0.3, 0.4) is 0 Å².